The molecule has 0 radical (unpaired) electrons. The molecule has 0 nitrogen and oxygen atoms in total. The van der Waals surface area contributed by atoms with E-state index in [4.69, 9.17) is 0 Å². The van der Waals surface area contributed by atoms with Crippen LogP contribution in [0.15, 0.2) is 0 Å². The molecule has 0 amide bonds. The molecule has 0 N–H and O–H groups in total. The molecular weight excluding hydrogens is 461 g/mol. The van der Waals surface area contributed by atoms with Crippen molar-refractivity contribution in [2.24, 2.45) is 0 Å². The molecule has 5 heteroatoms. The van der Waals surface area contributed by atoms with Crippen LogP contribution in [0.1, 0.15) is 6.92 Å². The summed E-state index contributed by atoms with van der Waals surface area (Å²) in [6, 6.07) is 1.49. The molecule has 0 fully saturated rings. The van der Waals surface area contributed by atoms with Gasteiger partial charge < -0.3 is 0 Å². The topological polar surface area (TPSA) is 0 Å². The van der Waals surface area contributed by atoms with Gasteiger partial charge in [-0.05, 0) is 0 Å². The quantitative estimate of drug-likeness (QED) is 0.332. The van der Waals surface area contributed by atoms with E-state index < -0.39 is 0.0813 Å². The van der Waals surface area contributed by atoms with Gasteiger partial charge in [-0.3, -0.25) is 0 Å². The van der Waals surface area contributed by atoms with Crippen LogP contribution in [0, 0.1) is 0 Å². The van der Waals surface area contributed by atoms with E-state index in [9.17, 15) is 0 Å². The standard InChI is InChI=1S/C2H7I3Si2/c1-2-6-7(3,4)5/h2,6H2,1H3. The molecule has 0 aromatic carbocycles. The third kappa shape index (κ3) is 8.62. The fourth-order valence-corrected chi connectivity index (χ4v) is 17.1. The fourth-order valence-electron chi connectivity index (χ4n) is 0.283. The molecule has 0 saturated carbocycles. The van der Waals surface area contributed by atoms with Crippen molar-refractivity contribution >= 4 is 74.5 Å². The highest BCUT2D eigenvalue weighted by atomic mass is 127. The van der Waals surface area contributed by atoms with Gasteiger partial charge in [-0.25, -0.2) is 0 Å². The second-order valence-corrected chi connectivity index (χ2v) is 56.9. The van der Waals surface area contributed by atoms with Crippen LogP contribution >= 0.6 is 65.4 Å². The molecule has 0 aliphatic heterocycles. The normalized spacial score (nSPS) is 13.7. The second-order valence-electron chi connectivity index (χ2n) is 1.37. The Bertz CT molecular complexity index is 49.4. The fraction of sp³-hybridized carbons (Fsp3) is 1.00. The van der Waals surface area contributed by atoms with Gasteiger partial charge in [0.05, 0.1) is 9.04 Å². The van der Waals surface area contributed by atoms with E-state index in [-0.39, 0.29) is 0 Å². The first kappa shape index (κ1) is 9.62. The van der Waals surface area contributed by atoms with Gasteiger partial charge in [0.1, 0.15) is 0 Å². The van der Waals surface area contributed by atoms with E-state index in [1.165, 1.54) is 6.04 Å². The summed E-state index contributed by atoms with van der Waals surface area (Å²) in [5, 5.41) is 0. The summed E-state index contributed by atoms with van der Waals surface area (Å²) in [4.78, 5) is 0. The highest BCUT2D eigenvalue weighted by molar-refractivity contribution is 14.4. The highest BCUT2D eigenvalue weighted by Gasteiger charge is 2.19. The Morgan fingerprint density at radius 1 is 1.43 bits per heavy atom. The second kappa shape index (κ2) is 4.44. The van der Waals surface area contributed by atoms with Crippen LogP contribution < -0.4 is 0 Å². The van der Waals surface area contributed by atoms with Crippen LogP contribution in [0.4, 0.5) is 0 Å². The highest BCUT2D eigenvalue weighted by Crippen LogP contribution is 2.28. The summed E-state index contributed by atoms with van der Waals surface area (Å²) in [6.07, 6.45) is 0. The lowest BCUT2D eigenvalue weighted by atomic mass is 11.0. The molecule has 0 atom stereocenters. The van der Waals surface area contributed by atoms with Crippen molar-refractivity contribution < 1.29 is 0 Å². The number of rotatable bonds is 2. The van der Waals surface area contributed by atoms with Crippen molar-refractivity contribution in [3.63, 3.8) is 0 Å². The minimum absolute atomic E-state index is 0.359. The van der Waals surface area contributed by atoms with Gasteiger partial charge in [-0.1, -0.05) is 78.4 Å². The van der Waals surface area contributed by atoms with Gasteiger partial charge in [0.15, 0.2) is 0 Å². The maximum absolute atomic E-state index is 2.65. The first-order chi connectivity index (χ1) is 3.06. The van der Waals surface area contributed by atoms with Crippen molar-refractivity contribution in [1.82, 2.24) is 0 Å². The summed E-state index contributed by atoms with van der Waals surface area (Å²) in [7, 11) is 0.359. The van der Waals surface area contributed by atoms with Crippen LogP contribution in [-0.4, -0.2) is 9.12 Å². The monoisotopic (exact) mass is 468 g/mol. The van der Waals surface area contributed by atoms with Gasteiger partial charge >= 0.3 is 0 Å². The van der Waals surface area contributed by atoms with Crippen LogP contribution in [0.3, 0.4) is 0 Å². The summed E-state index contributed by atoms with van der Waals surface area (Å²) < 4.78 is -0.608. The SMILES string of the molecule is CC[SiH2][Si](I)(I)I. The zero-order valence-electron chi connectivity index (χ0n) is 4.05. The molecule has 0 bridgehead atoms. The Kier molecular flexibility index (Phi) is 6.11. The average Bonchev–Trinajstić information content (AvgIpc) is 1.30. The minimum atomic E-state index is -0.608. The summed E-state index contributed by atoms with van der Waals surface area (Å²) >= 11 is 7.95. The Balaban J connectivity index is 3.15. The summed E-state index contributed by atoms with van der Waals surface area (Å²) in [6.45, 7) is 2.31. The Labute approximate surface area is 85.9 Å². The first-order valence-corrected chi connectivity index (χ1v) is 16.8. The Hall–Kier alpha value is 2.62. The summed E-state index contributed by atoms with van der Waals surface area (Å²) in [5.74, 6) is 0. The van der Waals surface area contributed by atoms with E-state index >= 15 is 0 Å². The maximum Gasteiger partial charge on any atom is 0.234 e. The van der Waals surface area contributed by atoms with Crippen LogP contribution in [0.2, 0.25) is 6.04 Å². The van der Waals surface area contributed by atoms with Crippen molar-refractivity contribution in [2.45, 2.75) is 13.0 Å². The first-order valence-electron chi connectivity index (χ1n) is 2.13. The van der Waals surface area contributed by atoms with Gasteiger partial charge in [-0.15, -0.1) is 0 Å². The largest absolute Gasteiger partial charge is 0.234 e. The molecule has 0 aromatic rings. The molecule has 0 unspecified atom stereocenters. The van der Waals surface area contributed by atoms with Crippen molar-refractivity contribution in [3.8, 4) is 0 Å². The molecule has 0 heterocycles. The van der Waals surface area contributed by atoms with Gasteiger partial charge in [-0.2, -0.15) is 0 Å². The summed E-state index contributed by atoms with van der Waals surface area (Å²) in [5.41, 5.74) is 0. The van der Waals surface area contributed by atoms with Crippen molar-refractivity contribution in [3.05, 3.63) is 0 Å². The third-order valence-corrected chi connectivity index (χ3v) is 19.4. The smallest absolute Gasteiger partial charge is 0.0954 e. The zero-order chi connectivity index (χ0) is 5.91. The molecule has 0 saturated heterocycles. The maximum atomic E-state index is 2.65. The van der Waals surface area contributed by atoms with Gasteiger partial charge in [0.2, 0.25) is 0.0813 Å². The molecule has 7 heavy (non-hydrogen) atoms. The van der Waals surface area contributed by atoms with Crippen LogP contribution in [0.25, 0.3) is 0 Å². The van der Waals surface area contributed by atoms with Gasteiger partial charge in [0, 0.05) is 0 Å². The van der Waals surface area contributed by atoms with E-state index in [0.717, 1.165) is 0 Å². The van der Waals surface area contributed by atoms with E-state index in [1.54, 1.807) is 0 Å². The third-order valence-electron chi connectivity index (χ3n) is 0.533. The van der Waals surface area contributed by atoms with Crippen molar-refractivity contribution in [1.29, 1.82) is 0 Å². The van der Waals surface area contributed by atoms with Crippen LogP contribution in [0.5, 0.6) is 0 Å². The number of hydrogen-bond acceptors (Lipinski definition) is 0. The predicted octanol–water partition coefficient (Wildman–Crippen LogP) is 2.33. The molecule has 0 aliphatic rings. The van der Waals surface area contributed by atoms with E-state index in [1.807, 2.05) is 0 Å². The molecular formula is C2H7I3Si2. The van der Waals surface area contributed by atoms with Gasteiger partial charge in [0.25, 0.3) is 0 Å². The minimum Gasteiger partial charge on any atom is -0.0954 e. The molecule has 0 rings (SSSR count). The molecule has 44 valence electrons. The van der Waals surface area contributed by atoms with E-state index in [2.05, 4.69) is 72.3 Å². The average molecular weight is 468 g/mol. The lowest BCUT2D eigenvalue weighted by Crippen LogP contribution is -2.16. The van der Waals surface area contributed by atoms with E-state index in [0.29, 0.717) is 9.04 Å². The van der Waals surface area contributed by atoms with Crippen molar-refractivity contribution in [2.75, 3.05) is 0 Å². The lowest BCUT2D eigenvalue weighted by molar-refractivity contribution is 1.47. The van der Waals surface area contributed by atoms with Crippen LogP contribution in [-0.2, 0) is 0 Å². The molecule has 0 spiro atoms. The Morgan fingerprint density at radius 3 is 1.86 bits per heavy atom. The lowest BCUT2D eigenvalue weighted by Gasteiger charge is -2.03. The molecule has 0 aromatic heterocycles. The number of hydrogen-bond donors (Lipinski definition) is 0. The molecule has 0 aliphatic carbocycles. The zero-order valence-corrected chi connectivity index (χ0v) is 12.9. The Morgan fingerprint density at radius 2 is 1.86 bits per heavy atom. The number of halogens is 3. The predicted molar refractivity (Wildman–Crippen MR) is 66.8 cm³/mol.